The summed E-state index contributed by atoms with van der Waals surface area (Å²) in [5.74, 6) is 1.24. The molecule has 0 aliphatic heterocycles. The van der Waals surface area contributed by atoms with Crippen LogP contribution in [0.4, 0.5) is 0 Å². The molecule has 2 N–H and O–H groups in total. The van der Waals surface area contributed by atoms with Gasteiger partial charge < -0.3 is 10.4 Å². The van der Waals surface area contributed by atoms with Crippen molar-refractivity contribution >= 4 is 23.4 Å². The minimum Gasteiger partial charge on any atom is -0.396 e. The molecule has 90 valence electrons. The zero-order chi connectivity index (χ0) is 12.0. The molecule has 0 bridgehead atoms. The first-order valence-corrected chi connectivity index (χ1v) is 6.70. The molecule has 1 rings (SSSR count). The molecule has 4 heteroatoms. The molecule has 0 radical (unpaired) electrons. The van der Waals surface area contributed by atoms with Crippen molar-refractivity contribution < 1.29 is 5.11 Å². The Kier molecular flexibility index (Phi) is 6.21. The van der Waals surface area contributed by atoms with Crippen molar-refractivity contribution in [3.8, 4) is 0 Å². The van der Waals surface area contributed by atoms with Gasteiger partial charge in [0.1, 0.15) is 0 Å². The number of halogens is 1. The summed E-state index contributed by atoms with van der Waals surface area (Å²) in [7, 11) is 1.90. The smallest absolute Gasteiger partial charge is 0.0464 e. The molecule has 0 saturated carbocycles. The van der Waals surface area contributed by atoms with E-state index in [-0.39, 0.29) is 6.61 Å². The van der Waals surface area contributed by atoms with E-state index in [1.165, 1.54) is 0 Å². The van der Waals surface area contributed by atoms with Crippen molar-refractivity contribution in [3.05, 3.63) is 28.8 Å². The first kappa shape index (κ1) is 13.8. The van der Waals surface area contributed by atoms with Crippen LogP contribution in [0.15, 0.2) is 23.1 Å². The van der Waals surface area contributed by atoms with Crippen LogP contribution in [0.5, 0.6) is 0 Å². The van der Waals surface area contributed by atoms with Gasteiger partial charge in [-0.15, -0.1) is 11.8 Å². The summed E-state index contributed by atoms with van der Waals surface area (Å²) in [6, 6.07) is 6.11. The molecule has 0 saturated heterocycles. The molecule has 1 aromatic carbocycles. The van der Waals surface area contributed by atoms with Crippen molar-refractivity contribution in [1.82, 2.24) is 5.32 Å². The van der Waals surface area contributed by atoms with Gasteiger partial charge in [0, 0.05) is 28.8 Å². The molecule has 1 atom stereocenters. The van der Waals surface area contributed by atoms with E-state index in [0.29, 0.717) is 5.92 Å². The molecule has 0 aromatic heterocycles. The van der Waals surface area contributed by atoms with Gasteiger partial charge in [0.15, 0.2) is 0 Å². The lowest BCUT2D eigenvalue weighted by atomic mass is 10.2. The fourth-order valence-electron chi connectivity index (χ4n) is 1.24. The maximum Gasteiger partial charge on any atom is 0.0464 e. The summed E-state index contributed by atoms with van der Waals surface area (Å²) in [4.78, 5) is 1.16. The van der Waals surface area contributed by atoms with E-state index in [2.05, 4.69) is 11.4 Å². The number of hydrogen-bond acceptors (Lipinski definition) is 3. The standard InChI is InChI=1S/C12H18ClNOS/c1-9(7-15)8-16-11-4-3-10(6-14-2)12(13)5-11/h3-5,9,14-15H,6-8H2,1-2H3. The van der Waals surface area contributed by atoms with Crippen molar-refractivity contribution in [1.29, 1.82) is 0 Å². The van der Waals surface area contributed by atoms with Crippen molar-refractivity contribution in [3.63, 3.8) is 0 Å². The fourth-order valence-corrected chi connectivity index (χ4v) is 2.50. The molecule has 0 aliphatic carbocycles. The zero-order valence-electron chi connectivity index (χ0n) is 9.66. The third kappa shape index (κ3) is 4.34. The summed E-state index contributed by atoms with van der Waals surface area (Å²) >= 11 is 7.88. The number of aliphatic hydroxyl groups is 1. The van der Waals surface area contributed by atoms with Gasteiger partial charge in [-0.05, 0) is 30.7 Å². The molecule has 2 nitrogen and oxygen atoms in total. The number of nitrogens with one attached hydrogen (secondary N) is 1. The lowest BCUT2D eigenvalue weighted by Crippen LogP contribution is -2.05. The van der Waals surface area contributed by atoms with E-state index >= 15 is 0 Å². The van der Waals surface area contributed by atoms with Gasteiger partial charge in [-0.2, -0.15) is 0 Å². The second-order valence-corrected chi connectivity index (χ2v) is 5.38. The lowest BCUT2D eigenvalue weighted by Gasteiger charge is -2.09. The Morgan fingerprint density at radius 1 is 1.50 bits per heavy atom. The Morgan fingerprint density at radius 2 is 2.25 bits per heavy atom. The Bertz CT molecular complexity index is 333. The van der Waals surface area contributed by atoms with Crippen molar-refractivity contribution in [2.24, 2.45) is 5.92 Å². The predicted molar refractivity (Wildman–Crippen MR) is 71.2 cm³/mol. The van der Waals surface area contributed by atoms with Crippen LogP contribution in [0.1, 0.15) is 12.5 Å². The third-order valence-electron chi connectivity index (χ3n) is 2.24. The normalized spacial score (nSPS) is 12.8. The highest BCUT2D eigenvalue weighted by atomic mass is 35.5. The SMILES string of the molecule is CNCc1ccc(SCC(C)CO)cc1Cl. The summed E-state index contributed by atoms with van der Waals surface area (Å²) in [6.07, 6.45) is 0. The zero-order valence-corrected chi connectivity index (χ0v) is 11.2. The molecular weight excluding hydrogens is 242 g/mol. The average molecular weight is 260 g/mol. The summed E-state index contributed by atoms with van der Waals surface area (Å²) < 4.78 is 0. The van der Waals surface area contributed by atoms with Gasteiger partial charge in [-0.3, -0.25) is 0 Å². The quantitative estimate of drug-likeness (QED) is 0.771. The van der Waals surface area contributed by atoms with Crippen LogP contribution in [0.3, 0.4) is 0 Å². The third-order valence-corrected chi connectivity index (χ3v) is 3.91. The monoisotopic (exact) mass is 259 g/mol. The maximum absolute atomic E-state index is 8.93. The van der Waals surface area contributed by atoms with E-state index in [0.717, 1.165) is 27.8 Å². The Hall–Kier alpha value is -0.220. The molecule has 0 fully saturated rings. The van der Waals surface area contributed by atoms with Crippen LogP contribution in [-0.2, 0) is 6.54 Å². The molecular formula is C12H18ClNOS. The predicted octanol–water partition coefficient (Wildman–Crippen LogP) is 2.78. The number of benzene rings is 1. The average Bonchev–Trinajstić information content (AvgIpc) is 2.29. The highest BCUT2D eigenvalue weighted by Gasteiger charge is 2.04. The van der Waals surface area contributed by atoms with Crippen LogP contribution in [-0.4, -0.2) is 24.5 Å². The van der Waals surface area contributed by atoms with Gasteiger partial charge >= 0.3 is 0 Å². The fraction of sp³-hybridized carbons (Fsp3) is 0.500. The summed E-state index contributed by atoms with van der Waals surface area (Å²) in [5.41, 5.74) is 1.11. The Labute approximate surface area is 106 Å². The van der Waals surface area contributed by atoms with Crippen LogP contribution in [0, 0.1) is 5.92 Å². The van der Waals surface area contributed by atoms with Gasteiger partial charge in [-0.25, -0.2) is 0 Å². The molecule has 1 aromatic rings. The Balaban J connectivity index is 2.59. The first-order valence-electron chi connectivity index (χ1n) is 5.34. The largest absolute Gasteiger partial charge is 0.396 e. The minimum atomic E-state index is 0.235. The first-order chi connectivity index (χ1) is 7.67. The molecule has 0 amide bonds. The molecule has 0 heterocycles. The Morgan fingerprint density at radius 3 is 2.81 bits per heavy atom. The number of hydrogen-bond donors (Lipinski definition) is 2. The van der Waals surface area contributed by atoms with Crippen LogP contribution in [0.25, 0.3) is 0 Å². The minimum absolute atomic E-state index is 0.235. The van der Waals surface area contributed by atoms with Crippen LogP contribution < -0.4 is 5.32 Å². The van der Waals surface area contributed by atoms with Gasteiger partial charge in [-0.1, -0.05) is 24.6 Å². The van der Waals surface area contributed by atoms with E-state index in [1.54, 1.807) is 11.8 Å². The molecule has 16 heavy (non-hydrogen) atoms. The molecule has 0 aliphatic rings. The van der Waals surface area contributed by atoms with Crippen molar-refractivity contribution in [2.75, 3.05) is 19.4 Å². The summed E-state index contributed by atoms with van der Waals surface area (Å²) in [6.45, 7) is 3.05. The van der Waals surface area contributed by atoms with Crippen molar-refractivity contribution in [2.45, 2.75) is 18.4 Å². The summed E-state index contributed by atoms with van der Waals surface area (Å²) in [5, 5.41) is 12.8. The van der Waals surface area contributed by atoms with Gasteiger partial charge in [0.05, 0.1) is 0 Å². The second kappa shape index (κ2) is 7.17. The van der Waals surface area contributed by atoms with Crippen LogP contribution >= 0.6 is 23.4 Å². The number of rotatable bonds is 6. The van der Waals surface area contributed by atoms with E-state index in [9.17, 15) is 0 Å². The molecule has 1 unspecified atom stereocenters. The lowest BCUT2D eigenvalue weighted by molar-refractivity contribution is 0.250. The number of thioether (sulfide) groups is 1. The second-order valence-electron chi connectivity index (χ2n) is 3.88. The van der Waals surface area contributed by atoms with Crippen LogP contribution in [0.2, 0.25) is 5.02 Å². The van der Waals surface area contributed by atoms with E-state index in [1.807, 2.05) is 26.1 Å². The van der Waals surface area contributed by atoms with E-state index < -0.39 is 0 Å². The van der Waals surface area contributed by atoms with Gasteiger partial charge in [0.2, 0.25) is 0 Å². The maximum atomic E-state index is 8.93. The highest BCUT2D eigenvalue weighted by molar-refractivity contribution is 7.99. The highest BCUT2D eigenvalue weighted by Crippen LogP contribution is 2.26. The topological polar surface area (TPSA) is 32.3 Å². The molecule has 0 spiro atoms. The van der Waals surface area contributed by atoms with Gasteiger partial charge in [0.25, 0.3) is 0 Å². The van der Waals surface area contributed by atoms with E-state index in [4.69, 9.17) is 16.7 Å². The number of aliphatic hydroxyl groups excluding tert-OH is 1.